The Bertz CT molecular complexity index is 272. The number of hydrogen-bond donors (Lipinski definition) is 0. The lowest BCUT2D eigenvalue weighted by Crippen LogP contribution is -2.38. The fourth-order valence-electron chi connectivity index (χ4n) is 1.38. The van der Waals surface area contributed by atoms with Gasteiger partial charge in [0, 0.05) is 16.9 Å². The van der Waals surface area contributed by atoms with Crippen LogP contribution < -0.4 is 0 Å². The Morgan fingerprint density at radius 1 is 1.60 bits per heavy atom. The van der Waals surface area contributed by atoms with Crippen molar-refractivity contribution in [1.82, 2.24) is 4.90 Å². The lowest BCUT2D eigenvalue weighted by Gasteiger charge is -2.23. The fourth-order valence-corrected chi connectivity index (χ4v) is 2.20. The molecule has 1 atom stereocenters. The first-order chi connectivity index (χ1) is 6.85. The highest BCUT2D eigenvalue weighted by Crippen LogP contribution is 2.22. The van der Waals surface area contributed by atoms with Crippen LogP contribution in [0.4, 0.5) is 4.79 Å². The summed E-state index contributed by atoms with van der Waals surface area (Å²) in [4.78, 5) is 24.5. The Kier molecular flexibility index (Phi) is 3.97. The van der Waals surface area contributed by atoms with Gasteiger partial charge in [0.15, 0.2) is 0 Å². The summed E-state index contributed by atoms with van der Waals surface area (Å²) in [5.41, 5.74) is -0.542. The Labute approximate surface area is 103 Å². The maximum absolute atomic E-state index is 11.7. The van der Waals surface area contributed by atoms with Gasteiger partial charge in [-0.1, -0.05) is 22.6 Å². The molecule has 0 spiro atoms. The number of nitrogens with zero attached hydrogens (tertiary/aromatic N) is 1. The third kappa shape index (κ3) is 3.32. The molecule has 2 amide bonds. The lowest BCUT2D eigenvalue weighted by atomic mass is 10.1. The average Bonchev–Trinajstić information content (AvgIpc) is 2.43. The van der Waals surface area contributed by atoms with Gasteiger partial charge in [0.05, 0.1) is 0 Å². The van der Waals surface area contributed by atoms with Crippen molar-refractivity contribution in [2.75, 3.05) is 11.0 Å². The molecule has 4 nitrogen and oxygen atoms in total. The molecule has 1 fully saturated rings. The Hall–Kier alpha value is -0.330. The van der Waals surface area contributed by atoms with E-state index in [-0.39, 0.29) is 11.8 Å². The molecule has 0 N–H and O–H groups in total. The van der Waals surface area contributed by atoms with Crippen molar-refractivity contribution in [2.45, 2.75) is 32.8 Å². The monoisotopic (exact) mass is 325 g/mol. The first kappa shape index (κ1) is 12.7. The number of hydrogen-bond acceptors (Lipinski definition) is 3. The zero-order valence-electron chi connectivity index (χ0n) is 9.25. The van der Waals surface area contributed by atoms with Crippen molar-refractivity contribution in [1.29, 1.82) is 0 Å². The first-order valence-corrected chi connectivity index (χ1v) is 6.48. The van der Waals surface area contributed by atoms with E-state index >= 15 is 0 Å². The van der Waals surface area contributed by atoms with Crippen molar-refractivity contribution < 1.29 is 14.3 Å². The molecule has 0 bridgehead atoms. The zero-order chi connectivity index (χ0) is 11.6. The van der Waals surface area contributed by atoms with Crippen LogP contribution >= 0.6 is 22.6 Å². The van der Waals surface area contributed by atoms with Gasteiger partial charge in [0.2, 0.25) is 5.91 Å². The summed E-state index contributed by atoms with van der Waals surface area (Å²) in [6.07, 6.45) is 0.237. The molecule has 5 heteroatoms. The minimum absolute atomic E-state index is 0.0156. The number of alkyl halides is 1. The number of amides is 2. The summed E-state index contributed by atoms with van der Waals surface area (Å²) in [5.74, 6) is -0.114. The second-order valence-corrected chi connectivity index (χ2v) is 5.49. The van der Waals surface area contributed by atoms with E-state index in [4.69, 9.17) is 4.74 Å². The van der Waals surface area contributed by atoms with Crippen molar-refractivity contribution >= 4 is 34.6 Å². The maximum atomic E-state index is 11.7. The maximum Gasteiger partial charge on any atom is 0.417 e. The largest absolute Gasteiger partial charge is 0.443 e. The molecule has 0 aromatic heterocycles. The lowest BCUT2D eigenvalue weighted by molar-refractivity contribution is -0.129. The highest BCUT2D eigenvalue weighted by molar-refractivity contribution is 14.1. The third-order valence-corrected chi connectivity index (χ3v) is 3.18. The second-order valence-electron chi connectivity index (χ2n) is 4.61. The van der Waals surface area contributed by atoms with Crippen molar-refractivity contribution in [2.24, 2.45) is 5.92 Å². The number of carbonyl (C=O) groups excluding carboxylic acids is 2. The number of rotatable bonds is 1. The summed E-state index contributed by atoms with van der Waals surface area (Å²) < 4.78 is 5.91. The van der Waals surface area contributed by atoms with E-state index in [0.717, 1.165) is 10.8 Å². The third-order valence-electron chi connectivity index (χ3n) is 2.12. The number of imide groups is 1. The van der Waals surface area contributed by atoms with Crippen LogP contribution in [0.1, 0.15) is 27.2 Å². The molecule has 0 radical (unpaired) electrons. The molecular formula is C10H16INO3. The molecule has 1 rings (SSSR count). The van der Waals surface area contributed by atoms with Crippen LogP contribution in [-0.4, -0.2) is 33.5 Å². The van der Waals surface area contributed by atoms with Crippen LogP contribution in [0.15, 0.2) is 0 Å². The summed E-state index contributed by atoms with van der Waals surface area (Å²) in [5, 5.41) is 0. The van der Waals surface area contributed by atoms with E-state index in [2.05, 4.69) is 22.6 Å². The Morgan fingerprint density at radius 3 is 2.60 bits per heavy atom. The van der Waals surface area contributed by atoms with Crippen LogP contribution in [0.5, 0.6) is 0 Å². The summed E-state index contributed by atoms with van der Waals surface area (Å²) in [6.45, 7) is 5.87. The zero-order valence-corrected chi connectivity index (χ0v) is 11.4. The standard InChI is InChI=1S/C10H16INO3/c1-10(2,3)15-9(14)12-5-4-7(6-11)8(12)13/h7H,4-6H2,1-3H3. The highest BCUT2D eigenvalue weighted by atomic mass is 127. The van der Waals surface area contributed by atoms with Gasteiger partial charge in [-0.25, -0.2) is 9.69 Å². The summed E-state index contributed by atoms with van der Waals surface area (Å²) in [6, 6.07) is 0. The predicted octanol–water partition coefficient (Wildman–Crippen LogP) is 2.21. The van der Waals surface area contributed by atoms with Gasteiger partial charge in [-0.2, -0.15) is 0 Å². The van der Waals surface area contributed by atoms with Crippen LogP contribution in [-0.2, 0) is 9.53 Å². The van der Waals surface area contributed by atoms with Crippen LogP contribution in [0.2, 0.25) is 0 Å². The molecule has 1 unspecified atom stereocenters. The minimum atomic E-state index is -0.542. The summed E-state index contributed by atoms with van der Waals surface area (Å²) >= 11 is 2.17. The molecule has 0 saturated carbocycles. The molecule has 15 heavy (non-hydrogen) atoms. The highest BCUT2D eigenvalue weighted by Gasteiger charge is 2.36. The van der Waals surface area contributed by atoms with Gasteiger partial charge in [-0.15, -0.1) is 0 Å². The molecule has 1 aliphatic heterocycles. The van der Waals surface area contributed by atoms with Gasteiger partial charge in [0.1, 0.15) is 5.60 Å². The topological polar surface area (TPSA) is 46.6 Å². The molecular weight excluding hydrogens is 309 g/mol. The van der Waals surface area contributed by atoms with E-state index in [1.54, 1.807) is 20.8 Å². The molecule has 0 aliphatic carbocycles. The van der Waals surface area contributed by atoms with E-state index in [1.807, 2.05) is 0 Å². The number of likely N-dealkylation sites (tertiary alicyclic amines) is 1. The van der Waals surface area contributed by atoms with Crippen molar-refractivity contribution in [3.63, 3.8) is 0 Å². The van der Waals surface area contributed by atoms with E-state index < -0.39 is 11.7 Å². The van der Waals surface area contributed by atoms with Gasteiger partial charge >= 0.3 is 6.09 Å². The number of carbonyl (C=O) groups is 2. The molecule has 1 heterocycles. The van der Waals surface area contributed by atoms with Crippen LogP contribution in [0.3, 0.4) is 0 Å². The number of halogens is 1. The molecule has 86 valence electrons. The Balaban J connectivity index is 2.59. The van der Waals surface area contributed by atoms with Crippen LogP contribution in [0, 0.1) is 5.92 Å². The fraction of sp³-hybridized carbons (Fsp3) is 0.800. The van der Waals surface area contributed by atoms with Crippen molar-refractivity contribution in [3.8, 4) is 0 Å². The van der Waals surface area contributed by atoms with Gasteiger partial charge in [0.25, 0.3) is 0 Å². The van der Waals surface area contributed by atoms with E-state index in [1.165, 1.54) is 4.90 Å². The van der Waals surface area contributed by atoms with Crippen LogP contribution in [0.25, 0.3) is 0 Å². The average molecular weight is 325 g/mol. The first-order valence-electron chi connectivity index (χ1n) is 4.95. The minimum Gasteiger partial charge on any atom is -0.443 e. The number of ether oxygens (including phenoxy) is 1. The second kappa shape index (κ2) is 4.67. The quantitative estimate of drug-likeness (QED) is 0.548. The Morgan fingerprint density at radius 2 is 2.20 bits per heavy atom. The van der Waals surface area contributed by atoms with Crippen molar-refractivity contribution in [3.05, 3.63) is 0 Å². The normalized spacial score (nSPS) is 22.0. The molecule has 1 saturated heterocycles. The van der Waals surface area contributed by atoms with Gasteiger partial charge in [-0.05, 0) is 27.2 Å². The van der Waals surface area contributed by atoms with E-state index in [9.17, 15) is 9.59 Å². The van der Waals surface area contributed by atoms with Gasteiger partial charge in [-0.3, -0.25) is 4.79 Å². The molecule has 0 aromatic rings. The SMILES string of the molecule is CC(C)(C)OC(=O)N1CCC(CI)C1=O. The smallest absolute Gasteiger partial charge is 0.417 e. The molecule has 1 aliphatic rings. The van der Waals surface area contributed by atoms with Gasteiger partial charge < -0.3 is 4.74 Å². The predicted molar refractivity (Wildman–Crippen MR) is 64.9 cm³/mol. The van der Waals surface area contributed by atoms with E-state index in [0.29, 0.717) is 6.54 Å². The molecule has 0 aromatic carbocycles. The summed E-state index contributed by atoms with van der Waals surface area (Å²) in [7, 11) is 0.